The second kappa shape index (κ2) is 13.8. The van der Waals surface area contributed by atoms with Crippen LogP contribution in [0.1, 0.15) is 115 Å². The zero-order valence-electron chi connectivity index (χ0n) is 40.1. The summed E-state index contributed by atoms with van der Waals surface area (Å²) in [6, 6.07) is 63.7. The Morgan fingerprint density at radius 2 is 0.857 bits per heavy atom. The lowest BCUT2D eigenvalue weighted by Gasteiger charge is -2.34. The van der Waals surface area contributed by atoms with Crippen LogP contribution in [0.25, 0.3) is 44.5 Å². The summed E-state index contributed by atoms with van der Waals surface area (Å²) in [4.78, 5) is 2.48. The molecular formula is C62H57N. The van der Waals surface area contributed by atoms with Gasteiger partial charge in [0.25, 0.3) is 0 Å². The number of aryl methyl sites for hydroxylation is 1. The fraction of sp³-hybridized carbons (Fsp3) is 0.226. The van der Waals surface area contributed by atoms with Crippen molar-refractivity contribution in [2.75, 3.05) is 4.90 Å². The monoisotopic (exact) mass is 817 g/mol. The first kappa shape index (κ1) is 37.1. The predicted octanol–water partition coefficient (Wildman–Crippen LogP) is 16.6. The van der Waals surface area contributed by atoms with Gasteiger partial charge in [-0.25, -0.2) is 0 Å². The Morgan fingerprint density at radius 3 is 1.41 bits per heavy atom. The number of benzene rings is 8. The Balaban J connectivity index is 1.20. The number of fused-ring (bicyclic) bond motifs is 13. The topological polar surface area (TPSA) is 3.24 Å². The molecule has 0 saturated heterocycles. The van der Waals surface area contributed by atoms with Gasteiger partial charge in [-0.2, -0.15) is 0 Å². The van der Waals surface area contributed by atoms with Crippen molar-refractivity contribution in [2.45, 2.75) is 90.3 Å². The normalized spacial score (nSPS) is 15.4. The van der Waals surface area contributed by atoms with Crippen LogP contribution in [-0.4, -0.2) is 0 Å². The van der Waals surface area contributed by atoms with Crippen molar-refractivity contribution in [3.8, 4) is 44.5 Å². The van der Waals surface area contributed by atoms with Crippen molar-refractivity contribution in [3.05, 3.63) is 220 Å². The lowest BCUT2D eigenvalue weighted by atomic mass is 9.68. The van der Waals surface area contributed by atoms with Crippen LogP contribution in [0.2, 0.25) is 0 Å². The number of para-hydroxylation sites is 1. The van der Waals surface area contributed by atoms with E-state index in [2.05, 4.69) is 218 Å². The molecule has 3 aliphatic carbocycles. The van der Waals surface area contributed by atoms with Gasteiger partial charge in [-0.3, -0.25) is 0 Å². The van der Waals surface area contributed by atoms with Crippen molar-refractivity contribution in [1.29, 1.82) is 0 Å². The molecule has 0 aromatic heterocycles. The third kappa shape index (κ3) is 5.75. The maximum absolute atomic E-state index is 8.44. The number of hydrogen-bond acceptors (Lipinski definition) is 1. The number of rotatable bonds is 5. The second-order valence-corrected chi connectivity index (χ2v) is 20.6. The molecule has 0 radical (unpaired) electrons. The molecule has 0 heterocycles. The summed E-state index contributed by atoms with van der Waals surface area (Å²) < 4.78 is 16.9. The Kier molecular flexibility index (Phi) is 8.12. The lowest BCUT2D eigenvalue weighted by molar-refractivity contribution is 0.586. The molecule has 63 heavy (non-hydrogen) atoms. The van der Waals surface area contributed by atoms with Gasteiger partial charge in [0.2, 0.25) is 0 Å². The summed E-state index contributed by atoms with van der Waals surface area (Å²) in [5.41, 5.74) is 23.7. The summed E-state index contributed by atoms with van der Waals surface area (Å²) in [5.74, 6) is 0. The summed E-state index contributed by atoms with van der Waals surface area (Å²) in [5, 5.41) is 0. The molecular weight excluding hydrogens is 759 g/mol. The van der Waals surface area contributed by atoms with Crippen LogP contribution < -0.4 is 4.90 Å². The van der Waals surface area contributed by atoms with Gasteiger partial charge in [-0.05, 0) is 137 Å². The molecule has 8 aromatic rings. The lowest BCUT2D eigenvalue weighted by Crippen LogP contribution is -2.27. The van der Waals surface area contributed by atoms with Crippen LogP contribution in [-0.2, 0) is 28.0 Å². The average Bonchev–Trinajstić information content (AvgIpc) is 3.83. The zero-order chi connectivity index (χ0) is 45.4. The van der Waals surface area contributed by atoms with E-state index >= 15 is 0 Å². The molecule has 11 rings (SSSR count). The molecule has 1 heteroatoms. The predicted molar refractivity (Wildman–Crippen MR) is 267 cm³/mol. The van der Waals surface area contributed by atoms with E-state index in [1.807, 2.05) is 12.1 Å². The van der Waals surface area contributed by atoms with Crippen LogP contribution in [0.15, 0.2) is 170 Å². The van der Waals surface area contributed by atoms with Gasteiger partial charge < -0.3 is 4.90 Å². The average molecular weight is 818 g/mol. The minimum Gasteiger partial charge on any atom is -0.310 e. The number of hydrogen-bond donors (Lipinski definition) is 0. The highest BCUT2D eigenvalue weighted by Crippen LogP contribution is 2.64. The molecule has 1 spiro atoms. The Morgan fingerprint density at radius 1 is 0.429 bits per heavy atom. The first-order valence-corrected chi connectivity index (χ1v) is 22.7. The van der Waals surface area contributed by atoms with E-state index in [-0.39, 0.29) is 16.2 Å². The minimum atomic E-state index is -1.43. The molecule has 0 N–H and O–H groups in total. The molecule has 0 amide bonds. The Hall–Kier alpha value is -6.44. The summed E-state index contributed by atoms with van der Waals surface area (Å²) in [6.45, 7) is 20.3. The maximum atomic E-state index is 8.44. The van der Waals surface area contributed by atoms with E-state index < -0.39 is 11.8 Å². The Labute approximate surface area is 377 Å². The van der Waals surface area contributed by atoms with Gasteiger partial charge in [-0.15, -0.1) is 0 Å². The van der Waals surface area contributed by atoms with Crippen LogP contribution in [0.5, 0.6) is 0 Å². The fourth-order valence-electron chi connectivity index (χ4n) is 11.2. The van der Waals surface area contributed by atoms with Crippen LogP contribution >= 0.6 is 0 Å². The summed E-state index contributed by atoms with van der Waals surface area (Å²) in [7, 11) is 0. The molecule has 0 fully saturated rings. The van der Waals surface area contributed by atoms with Crippen LogP contribution in [0.3, 0.4) is 0 Å². The van der Waals surface area contributed by atoms with Gasteiger partial charge in [0.05, 0.1) is 11.1 Å². The Bertz CT molecular complexity index is 3170. The van der Waals surface area contributed by atoms with E-state index in [9.17, 15) is 0 Å². The van der Waals surface area contributed by atoms with Crippen molar-refractivity contribution in [2.24, 2.45) is 0 Å². The van der Waals surface area contributed by atoms with Crippen LogP contribution in [0.4, 0.5) is 17.1 Å². The van der Waals surface area contributed by atoms with Crippen LogP contribution in [0, 0.1) is 0 Å². The van der Waals surface area contributed by atoms with E-state index in [4.69, 9.17) is 2.74 Å². The first-order valence-electron chi connectivity index (χ1n) is 23.7. The zero-order valence-corrected chi connectivity index (χ0v) is 38.1. The van der Waals surface area contributed by atoms with Crippen molar-refractivity contribution in [3.63, 3.8) is 0 Å². The molecule has 0 aliphatic heterocycles. The summed E-state index contributed by atoms with van der Waals surface area (Å²) >= 11 is 0. The standard InChI is InChI=1S/C62H57N/c1-10-39-23-25-40(26-24-39)45-17-13-16-22-58(45)63(43-29-33-48-46-18-11-14-20-52(46)61(8,9)54(48)37-43)44-30-34-51-47-19-12-15-21-53(47)62(57(51)38-44)55-35-41(59(2,3)4)27-31-49(55)50-32-28-42(36-56(50)62)60(5,6)7/h11-38H,10H2,1-9H3/i10D2. The SMILES string of the molecule is [2H]C([2H])(C)c1ccc(-c2ccccc2N(c2ccc3c(c2)C(C)(C)c2ccccc2-3)c2ccc3c(c2)C2(c4ccccc4-3)c3cc(C(C)(C)C)ccc3-c3ccc(C(C)(C)C)cc32)cc1. The highest BCUT2D eigenvalue weighted by molar-refractivity contribution is 5.98. The third-order valence-electron chi connectivity index (χ3n) is 14.6. The van der Waals surface area contributed by atoms with Gasteiger partial charge in [-0.1, -0.05) is 202 Å². The third-order valence-corrected chi connectivity index (χ3v) is 14.6. The van der Waals surface area contributed by atoms with E-state index in [1.54, 1.807) is 6.92 Å². The minimum absolute atomic E-state index is 0.0377. The quantitative estimate of drug-likeness (QED) is 0.167. The number of anilines is 3. The molecule has 8 aromatic carbocycles. The van der Waals surface area contributed by atoms with E-state index in [0.29, 0.717) is 5.56 Å². The smallest absolute Gasteiger partial charge is 0.0726 e. The molecule has 0 saturated carbocycles. The fourth-order valence-corrected chi connectivity index (χ4v) is 11.2. The largest absolute Gasteiger partial charge is 0.310 e. The highest BCUT2D eigenvalue weighted by atomic mass is 15.1. The van der Waals surface area contributed by atoms with E-state index in [1.165, 1.54) is 77.9 Å². The van der Waals surface area contributed by atoms with Gasteiger partial charge in [0, 0.05) is 25.1 Å². The van der Waals surface area contributed by atoms with Crippen molar-refractivity contribution < 1.29 is 2.74 Å². The van der Waals surface area contributed by atoms with Gasteiger partial charge in [0.15, 0.2) is 0 Å². The maximum Gasteiger partial charge on any atom is 0.0726 e. The van der Waals surface area contributed by atoms with Gasteiger partial charge in [0.1, 0.15) is 0 Å². The highest BCUT2D eigenvalue weighted by Gasteiger charge is 2.52. The van der Waals surface area contributed by atoms with Gasteiger partial charge >= 0.3 is 0 Å². The molecule has 310 valence electrons. The molecule has 3 aliphatic rings. The molecule has 0 unspecified atom stereocenters. The first-order chi connectivity index (χ1) is 30.9. The van der Waals surface area contributed by atoms with E-state index in [0.717, 1.165) is 28.2 Å². The second-order valence-electron chi connectivity index (χ2n) is 20.6. The van der Waals surface area contributed by atoms with Crippen molar-refractivity contribution in [1.82, 2.24) is 0 Å². The summed E-state index contributed by atoms with van der Waals surface area (Å²) in [6.07, 6.45) is -1.43. The number of nitrogens with zero attached hydrogens (tertiary/aromatic N) is 1. The molecule has 1 nitrogen and oxygen atoms in total. The van der Waals surface area contributed by atoms with Crippen molar-refractivity contribution >= 4 is 17.1 Å². The molecule has 0 atom stereocenters. The molecule has 0 bridgehead atoms.